The van der Waals surface area contributed by atoms with Gasteiger partial charge in [0.15, 0.2) is 5.82 Å². The zero-order valence-corrected chi connectivity index (χ0v) is 25.0. The van der Waals surface area contributed by atoms with Crippen LogP contribution in [-0.2, 0) is 19.4 Å². The summed E-state index contributed by atoms with van der Waals surface area (Å²) < 4.78 is 1.98. The number of hydrogen-bond donors (Lipinski definition) is 3. The molecule has 0 aliphatic carbocycles. The van der Waals surface area contributed by atoms with Gasteiger partial charge in [-0.2, -0.15) is 5.10 Å². The minimum Gasteiger partial charge on any atom is -0.398 e. The molecule has 4 aromatic rings. The fourth-order valence-electron chi connectivity index (χ4n) is 5.43. The number of nitrogen functional groups attached to an aromatic ring is 1. The van der Waals surface area contributed by atoms with Crippen LogP contribution in [0.5, 0.6) is 0 Å². The lowest BCUT2D eigenvalue weighted by Gasteiger charge is -2.48. The van der Waals surface area contributed by atoms with E-state index in [1.54, 1.807) is 12.4 Å². The largest absolute Gasteiger partial charge is 0.398 e. The highest BCUT2D eigenvalue weighted by atomic mass is 35.5. The van der Waals surface area contributed by atoms with Crippen molar-refractivity contribution in [1.29, 1.82) is 5.41 Å². The van der Waals surface area contributed by atoms with E-state index in [4.69, 9.17) is 40.1 Å². The molecule has 1 aromatic carbocycles. The molecule has 1 fully saturated rings. The van der Waals surface area contributed by atoms with Crippen molar-refractivity contribution in [3.05, 3.63) is 93.1 Å². The summed E-state index contributed by atoms with van der Waals surface area (Å²) in [4.78, 5) is 6.14. The van der Waals surface area contributed by atoms with Gasteiger partial charge in [0, 0.05) is 49.5 Å². The number of nitrogens with one attached hydrogen (secondary N) is 1. The third kappa shape index (κ3) is 6.53. The molecule has 0 unspecified atom stereocenters. The number of pyridine rings is 1. The van der Waals surface area contributed by atoms with Gasteiger partial charge >= 0.3 is 0 Å². The average molecular weight is 593 g/mol. The molecule has 1 aliphatic rings. The molecule has 0 saturated carbocycles. The van der Waals surface area contributed by atoms with Crippen LogP contribution in [0.3, 0.4) is 0 Å². The highest BCUT2D eigenvalue weighted by molar-refractivity contribution is 6.35. The molecule has 1 atom stereocenters. The fraction of sp³-hybridized carbons (Fsp3) is 0.367. The highest BCUT2D eigenvalue weighted by Crippen LogP contribution is 2.33. The molecule has 0 amide bonds. The number of anilines is 2. The summed E-state index contributed by atoms with van der Waals surface area (Å²) in [5, 5.41) is 23.1. The van der Waals surface area contributed by atoms with E-state index in [1.807, 2.05) is 41.2 Å². The lowest BCUT2D eigenvalue weighted by Crippen LogP contribution is -2.68. The third-order valence-corrected chi connectivity index (χ3v) is 7.95. The number of hydrogen-bond acceptors (Lipinski definition) is 8. The average Bonchev–Trinajstić information content (AvgIpc) is 3.33. The smallest absolute Gasteiger partial charge is 0.151 e. The Morgan fingerprint density at radius 3 is 2.41 bits per heavy atom. The van der Waals surface area contributed by atoms with E-state index in [0.717, 1.165) is 35.5 Å². The fourth-order valence-corrected chi connectivity index (χ4v) is 6.16. The van der Waals surface area contributed by atoms with Gasteiger partial charge in [0.1, 0.15) is 5.69 Å². The van der Waals surface area contributed by atoms with Crippen molar-refractivity contribution in [3.63, 3.8) is 0 Å². The number of halogens is 2. The number of aromatic nitrogens is 5. The zero-order chi connectivity index (χ0) is 29.3. The van der Waals surface area contributed by atoms with Crippen LogP contribution in [-0.4, -0.2) is 49.3 Å². The SMILES string of the molecule is CC(C)Cn1cc(CC2(N)CN(c3ccc(C(=N)c4cc(C[C@H](C)c5c(Cl)cncc5Cl)ccc4N)nn3)C2)cn1. The van der Waals surface area contributed by atoms with Crippen molar-refractivity contribution in [1.82, 2.24) is 25.0 Å². The number of nitrogens with two attached hydrogens (primary N) is 2. The van der Waals surface area contributed by atoms with E-state index in [2.05, 4.69) is 52.1 Å². The Labute approximate surface area is 250 Å². The molecule has 41 heavy (non-hydrogen) atoms. The minimum absolute atomic E-state index is 0.0464. The second kappa shape index (κ2) is 11.8. The molecule has 0 spiro atoms. The van der Waals surface area contributed by atoms with Crippen LogP contribution in [0.25, 0.3) is 0 Å². The number of rotatable bonds is 10. The zero-order valence-electron chi connectivity index (χ0n) is 23.5. The quantitative estimate of drug-likeness (QED) is 0.172. The molecule has 5 N–H and O–H groups in total. The molecule has 0 radical (unpaired) electrons. The first-order chi connectivity index (χ1) is 19.5. The van der Waals surface area contributed by atoms with E-state index >= 15 is 0 Å². The maximum Gasteiger partial charge on any atom is 0.151 e. The van der Waals surface area contributed by atoms with Crippen LogP contribution >= 0.6 is 23.2 Å². The summed E-state index contributed by atoms with van der Waals surface area (Å²) >= 11 is 12.7. The van der Waals surface area contributed by atoms with Crippen LogP contribution in [0.2, 0.25) is 10.0 Å². The normalized spacial score (nSPS) is 15.1. The summed E-state index contributed by atoms with van der Waals surface area (Å²) in [7, 11) is 0. The van der Waals surface area contributed by atoms with Crippen LogP contribution in [0.1, 0.15) is 54.6 Å². The Kier molecular flexibility index (Phi) is 8.31. The van der Waals surface area contributed by atoms with E-state index in [-0.39, 0.29) is 17.2 Å². The topological polar surface area (TPSA) is 136 Å². The van der Waals surface area contributed by atoms with Gasteiger partial charge < -0.3 is 16.4 Å². The first kappa shape index (κ1) is 29.0. The van der Waals surface area contributed by atoms with Gasteiger partial charge in [0.2, 0.25) is 0 Å². The Balaban J connectivity index is 1.23. The maximum absolute atomic E-state index is 8.82. The van der Waals surface area contributed by atoms with Crippen molar-refractivity contribution in [2.45, 2.75) is 51.6 Å². The van der Waals surface area contributed by atoms with Crippen molar-refractivity contribution in [3.8, 4) is 0 Å². The highest BCUT2D eigenvalue weighted by Gasteiger charge is 2.40. The predicted molar refractivity (Wildman–Crippen MR) is 165 cm³/mol. The minimum atomic E-state index is -0.338. The molecule has 1 aliphatic heterocycles. The van der Waals surface area contributed by atoms with Gasteiger partial charge in [0.25, 0.3) is 0 Å². The van der Waals surface area contributed by atoms with Crippen LogP contribution in [0.4, 0.5) is 11.5 Å². The van der Waals surface area contributed by atoms with Crippen LogP contribution in [0.15, 0.2) is 55.1 Å². The molecular formula is C30H35Cl2N9. The molecular weight excluding hydrogens is 557 g/mol. The molecule has 4 heterocycles. The lowest BCUT2D eigenvalue weighted by molar-refractivity contribution is 0.327. The van der Waals surface area contributed by atoms with Crippen molar-refractivity contribution < 1.29 is 0 Å². The van der Waals surface area contributed by atoms with Crippen molar-refractivity contribution in [2.75, 3.05) is 23.7 Å². The summed E-state index contributed by atoms with van der Waals surface area (Å²) in [6.45, 7) is 8.65. The molecule has 9 nitrogen and oxygen atoms in total. The van der Waals surface area contributed by atoms with E-state index in [0.29, 0.717) is 52.4 Å². The number of nitrogens with zero attached hydrogens (tertiary/aromatic N) is 6. The summed E-state index contributed by atoms with van der Waals surface area (Å²) in [6, 6.07) is 9.39. The van der Waals surface area contributed by atoms with Crippen molar-refractivity contribution in [2.24, 2.45) is 11.7 Å². The van der Waals surface area contributed by atoms with Gasteiger partial charge in [-0.25, -0.2) is 0 Å². The van der Waals surface area contributed by atoms with E-state index in [1.165, 1.54) is 0 Å². The standard InChI is InChI=1S/C30H35Cl2N9/c1-18(2)14-41-15-21(11-37-41)10-30(35)16-40(17-30)27-7-6-26(38-39-27)29(34)22-9-20(4-5-25(22)33)8-19(3)28-23(31)12-36-13-24(28)32/h4-7,9,11-13,15,18-19,34H,8,10,14,16-17,33,35H2,1-3H3/t19-/m0/s1. The van der Waals surface area contributed by atoms with Crippen LogP contribution in [0, 0.1) is 11.3 Å². The second-order valence-electron chi connectivity index (χ2n) is 11.6. The van der Waals surface area contributed by atoms with E-state index in [9.17, 15) is 0 Å². The molecule has 1 saturated heterocycles. The monoisotopic (exact) mass is 591 g/mol. The number of benzene rings is 1. The second-order valence-corrected chi connectivity index (χ2v) is 12.4. The molecule has 214 valence electrons. The van der Waals surface area contributed by atoms with Gasteiger partial charge in [-0.1, -0.05) is 50.0 Å². The Hall–Kier alpha value is -3.53. The Morgan fingerprint density at radius 2 is 1.76 bits per heavy atom. The molecule has 11 heteroatoms. The Morgan fingerprint density at radius 1 is 1.02 bits per heavy atom. The summed E-state index contributed by atoms with van der Waals surface area (Å²) in [6.07, 6.45) is 8.62. The third-order valence-electron chi connectivity index (χ3n) is 7.35. The van der Waals surface area contributed by atoms with E-state index < -0.39 is 0 Å². The Bertz CT molecular complexity index is 1520. The van der Waals surface area contributed by atoms with Crippen molar-refractivity contribution >= 4 is 40.4 Å². The van der Waals surface area contributed by atoms with Gasteiger partial charge in [-0.3, -0.25) is 15.1 Å². The first-order valence-electron chi connectivity index (χ1n) is 13.7. The predicted octanol–water partition coefficient (Wildman–Crippen LogP) is 5.14. The molecule has 5 rings (SSSR count). The first-order valence-corrected chi connectivity index (χ1v) is 14.4. The van der Waals surface area contributed by atoms with Gasteiger partial charge in [-0.05, 0) is 65.6 Å². The summed E-state index contributed by atoms with van der Waals surface area (Å²) in [5.41, 5.74) is 17.4. The summed E-state index contributed by atoms with van der Waals surface area (Å²) in [5.74, 6) is 1.32. The molecule has 0 bridgehead atoms. The van der Waals surface area contributed by atoms with Gasteiger partial charge in [0.05, 0.1) is 27.5 Å². The van der Waals surface area contributed by atoms with Crippen LogP contribution < -0.4 is 16.4 Å². The lowest BCUT2D eigenvalue weighted by atomic mass is 9.85. The maximum atomic E-state index is 8.82. The van der Waals surface area contributed by atoms with Gasteiger partial charge in [-0.15, -0.1) is 10.2 Å². The molecule has 3 aromatic heterocycles.